The molecule has 2 amide bonds. The van der Waals surface area contributed by atoms with Gasteiger partial charge in [-0.05, 0) is 70.4 Å². The van der Waals surface area contributed by atoms with Crippen molar-refractivity contribution in [3.05, 3.63) is 53.6 Å². The zero-order valence-corrected chi connectivity index (χ0v) is 21.0. The van der Waals surface area contributed by atoms with Crippen LogP contribution in [0, 0.1) is 6.92 Å². The molecule has 9 nitrogen and oxygen atoms in total. The van der Waals surface area contributed by atoms with Crippen LogP contribution in [0.15, 0.2) is 36.7 Å². The quantitative estimate of drug-likeness (QED) is 0.481. The number of ether oxygens (including phenoxy) is 1. The van der Waals surface area contributed by atoms with E-state index in [2.05, 4.69) is 50.4 Å². The highest BCUT2D eigenvalue weighted by atomic mass is 16.5. The van der Waals surface area contributed by atoms with Crippen LogP contribution >= 0.6 is 0 Å². The van der Waals surface area contributed by atoms with Gasteiger partial charge in [0.15, 0.2) is 0 Å². The summed E-state index contributed by atoms with van der Waals surface area (Å²) in [6.07, 6.45) is 8.26. The Kier molecular flexibility index (Phi) is 6.59. The zero-order chi connectivity index (χ0) is 25.3. The van der Waals surface area contributed by atoms with Crippen molar-refractivity contribution in [3.63, 3.8) is 0 Å². The maximum atomic E-state index is 13.0. The fraction of sp³-hybridized carbons (Fsp3) is 0.407. The first-order valence-electron chi connectivity index (χ1n) is 12.4. The van der Waals surface area contributed by atoms with Gasteiger partial charge in [-0.1, -0.05) is 6.08 Å². The summed E-state index contributed by atoms with van der Waals surface area (Å²) in [4.78, 5) is 40.0. The number of aromatic amines is 1. The van der Waals surface area contributed by atoms with E-state index in [1.807, 2.05) is 19.1 Å². The zero-order valence-electron chi connectivity index (χ0n) is 21.0. The van der Waals surface area contributed by atoms with Gasteiger partial charge >= 0.3 is 0 Å². The van der Waals surface area contributed by atoms with Crippen LogP contribution in [0.2, 0.25) is 0 Å². The minimum absolute atomic E-state index is 0.0269. The molecule has 0 spiro atoms. The van der Waals surface area contributed by atoms with Crippen molar-refractivity contribution >= 4 is 39.8 Å². The third-order valence-corrected chi connectivity index (χ3v) is 7.07. The number of anilines is 2. The summed E-state index contributed by atoms with van der Waals surface area (Å²) < 4.78 is 5.39. The van der Waals surface area contributed by atoms with Gasteiger partial charge in [0.1, 0.15) is 5.65 Å². The summed E-state index contributed by atoms with van der Waals surface area (Å²) in [6, 6.07) is 5.58. The van der Waals surface area contributed by atoms with Crippen LogP contribution in [0.25, 0.3) is 16.6 Å². The largest absolute Gasteiger partial charge is 0.377 e. The summed E-state index contributed by atoms with van der Waals surface area (Å²) in [7, 11) is 0. The Labute approximate surface area is 210 Å². The minimum atomic E-state index is -0.287. The van der Waals surface area contributed by atoms with Crippen LogP contribution in [0.1, 0.15) is 54.9 Å². The summed E-state index contributed by atoms with van der Waals surface area (Å²) in [5.41, 5.74) is 5.15. The molecule has 0 bridgehead atoms. The number of aryl methyl sites for hydroxylation is 1. The van der Waals surface area contributed by atoms with Crippen molar-refractivity contribution in [1.29, 1.82) is 0 Å². The van der Waals surface area contributed by atoms with Crippen LogP contribution in [-0.4, -0.2) is 63.5 Å². The SMILES string of the molecule is Cc1ncc(NC(=O)CN2CCCC2(C)C)cc1NC(=O)c1cnc2[nH]c(C3=CCOCC3)cc2c1. The monoisotopic (exact) mass is 488 g/mol. The smallest absolute Gasteiger partial charge is 0.257 e. The molecular weight excluding hydrogens is 456 g/mol. The van der Waals surface area contributed by atoms with E-state index in [1.165, 1.54) is 5.57 Å². The standard InChI is InChI=1S/C27H32N6O3/c1-17-22(13-21(15-28-17)30-24(34)16-33-8-4-7-27(33,2)3)32-26(35)20-11-19-12-23(31-25(19)29-14-20)18-5-9-36-10-6-18/h5,11-15H,4,6-10,16H2,1-3H3,(H,29,31)(H,30,34)(H,32,35). The number of aromatic nitrogens is 3. The lowest BCUT2D eigenvalue weighted by atomic mass is 10.0. The molecule has 9 heteroatoms. The van der Waals surface area contributed by atoms with Crippen LogP contribution in [0.3, 0.4) is 0 Å². The Morgan fingerprint density at radius 1 is 1.17 bits per heavy atom. The highest BCUT2D eigenvalue weighted by Crippen LogP contribution is 2.28. The van der Waals surface area contributed by atoms with Crippen molar-refractivity contribution in [3.8, 4) is 0 Å². The molecule has 0 unspecified atom stereocenters. The first-order chi connectivity index (χ1) is 17.3. The summed E-state index contributed by atoms with van der Waals surface area (Å²) in [6.45, 7) is 8.70. The van der Waals surface area contributed by atoms with Gasteiger partial charge in [-0.25, -0.2) is 4.98 Å². The van der Waals surface area contributed by atoms with E-state index in [-0.39, 0.29) is 17.4 Å². The second-order valence-corrected chi connectivity index (χ2v) is 10.1. The molecule has 2 aliphatic rings. The number of nitrogens with zero attached hydrogens (tertiary/aromatic N) is 3. The Morgan fingerprint density at radius 2 is 2.03 bits per heavy atom. The van der Waals surface area contributed by atoms with Crippen LogP contribution < -0.4 is 10.6 Å². The fourth-order valence-electron chi connectivity index (χ4n) is 4.84. The predicted molar refractivity (Wildman–Crippen MR) is 140 cm³/mol. The molecule has 3 aromatic heterocycles. The summed E-state index contributed by atoms with van der Waals surface area (Å²) in [5.74, 6) is -0.380. The van der Waals surface area contributed by atoms with Gasteiger partial charge in [-0.15, -0.1) is 0 Å². The summed E-state index contributed by atoms with van der Waals surface area (Å²) in [5, 5.41) is 6.71. The third kappa shape index (κ3) is 5.17. The molecular formula is C27H32N6O3. The maximum absolute atomic E-state index is 13.0. The number of carbonyl (C=O) groups excluding carboxylic acids is 2. The number of amides is 2. The van der Waals surface area contributed by atoms with Gasteiger partial charge in [-0.3, -0.25) is 19.5 Å². The van der Waals surface area contributed by atoms with E-state index in [9.17, 15) is 9.59 Å². The Balaban J connectivity index is 1.28. The molecule has 3 aromatic rings. The molecule has 1 fully saturated rings. The second kappa shape index (κ2) is 9.83. The topological polar surface area (TPSA) is 112 Å². The molecule has 5 heterocycles. The molecule has 2 aliphatic heterocycles. The lowest BCUT2D eigenvalue weighted by molar-refractivity contribution is -0.118. The highest BCUT2D eigenvalue weighted by Gasteiger charge is 2.32. The Morgan fingerprint density at radius 3 is 2.78 bits per heavy atom. The van der Waals surface area contributed by atoms with Gasteiger partial charge in [0.05, 0.1) is 48.6 Å². The number of rotatable bonds is 6. The van der Waals surface area contributed by atoms with Crippen molar-refractivity contribution in [2.75, 3.05) is 36.9 Å². The van der Waals surface area contributed by atoms with Crippen LogP contribution in [0.4, 0.5) is 11.4 Å². The molecule has 0 aromatic carbocycles. The Bertz CT molecular complexity index is 1340. The number of nitrogens with one attached hydrogen (secondary N) is 3. The number of pyridine rings is 2. The molecule has 0 saturated carbocycles. The lowest BCUT2D eigenvalue weighted by Crippen LogP contribution is -2.42. The molecule has 0 aliphatic carbocycles. The van der Waals surface area contributed by atoms with Gasteiger partial charge < -0.3 is 20.4 Å². The predicted octanol–water partition coefficient (Wildman–Crippen LogP) is 4.14. The van der Waals surface area contributed by atoms with E-state index in [4.69, 9.17) is 4.74 Å². The van der Waals surface area contributed by atoms with Crippen LogP contribution in [0.5, 0.6) is 0 Å². The first-order valence-corrected chi connectivity index (χ1v) is 12.4. The highest BCUT2D eigenvalue weighted by molar-refractivity contribution is 6.06. The third-order valence-electron chi connectivity index (χ3n) is 7.07. The van der Waals surface area contributed by atoms with Crippen molar-refractivity contribution < 1.29 is 14.3 Å². The van der Waals surface area contributed by atoms with Gasteiger partial charge in [0.2, 0.25) is 5.91 Å². The van der Waals surface area contributed by atoms with Gasteiger partial charge in [0, 0.05) is 22.8 Å². The number of hydrogen-bond donors (Lipinski definition) is 3. The number of carbonyl (C=O) groups is 2. The molecule has 0 atom stereocenters. The van der Waals surface area contributed by atoms with Crippen molar-refractivity contribution in [2.24, 2.45) is 0 Å². The van der Waals surface area contributed by atoms with E-state index in [1.54, 1.807) is 18.5 Å². The molecule has 1 saturated heterocycles. The fourth-order valence-corrected chi connectivity index (χ4v) is 4.84. The number of likely N-dealkylation sites (tertiary alicyclic amines) is 1. The van der Waals surface area contributed by atoms with Gasteiger partial charge in [0.25, 0.3) is 5.91 Å². The molecule has 5 rings (SSSR count). The van der Waals surface area contributed by atoms with E-state index in [0.717, 1.165) is 42.5 Å². The number of hydrogen-bond acceptors (Lipinski definition) is 6. The lowest BCUT2D eigenvalue weighted by Gasteiger charge is -2.30. The van der Waals surface area contributed by atoms with E-state index >= 15 is 0 Å². The molecule has 0 radical (unpaired) electrons. The molecule has 36 heavy (non-hydrogen) atoms. The number of fused-ring (bicyclic) bond motifs is 1. The van der Waals surface area contributed by atoms with E-state index < -0.39 is 0 Å². The summed E-state index contributed by atoms with van der Waals surface area (Å²) >= 11 is 0. The number of H-pyrrole nitrogens is 1. The Hall–Kier alpha value is -3.56. The van der Waals surface area contributed by atoms with Crippen molar-refractivity contribution in [2.45, 2.75) is 45.6 Å². The van der Waals surface area contributed by atoms with Gasteiger partial charge in [-0.2, -0.15) is 0 Å². The normalized spacial score (nSPS) is 17.7. The average molecular weight is 489 g/mol. The molecule has 3 N–H and O–H groups in total. The van der Waals surface area contributed by atoms with Crippen molar-refractivity contribution in [1.82, 2.24) is 19.9 Å². The molecule has 188 valence electrons. The minimum Gasteiger partial charge on any atom is -0.377 e. The van der Waals surface area contributed by atoms with Crippen LogP contribution in [-0.2, 0) is 9.53 Å². The first kappa shape index (κ1) is 24.1. The average Bonchev–Trinajstić information content (AvgIpc) is 3.43. The van der Waals surface area contributed by atoms with E-state index in [0.29, 0.717) is 42.4 Å². The second-order valence-electron chi connectivity index (χ2n) is 10.1. The maximum Gasteiger partial charge on any atom is 0.257 e.